The minimum atomic E-state index is -0.703. The van der Waals surface area contributed by atoms with Gasteiger partial charge in [0.2, 0.25) is 0 Å². The van der Waals surface area contributed by atoms with E-state index in [1.54, 1.807) is 63.4 Å². The van der Waals surface area contributed by atoms with Gasteiger partial charge in [0, 0.05) is 11.8 Å². The fourth-order valence-corrected chi connectivity index (χ4v) is 2.31. The molecule has 0 aliphatic carbocycles. The number of anilines is 1. The topological polar surface area (TPSA) is 73.9 Å². The van der Waals surface area contributed by atoms with Crippen molar-refractivity contribution in [2.45, 2.75) is 26.9 Å². The molecule has 2 aromatic carbocycles. The second-order valence-electron chi connectivity index (χ2n) is 5.68. The highest BCUT2D eigenvalue weighted by Crippen LogP contribution is 2.21. The maximum atomic E-state index is 12.4. The number of carbonyl (C=O) groups is 2. The van der Waals surface area contributed by atoms with Crippen LogP contribution >= 0.6 is 0 Å². The minimum Gasteiger partial charge on any atom is -0.497 e. The third kappa shape index (κ3) is 4.99. The van der Waals surface area contributed by atoms with E-state index in [4.69, 9.17) is 14.2 Å². The van der Waals surface area contributed by atoms with E-state index in [0.717, 1.165) is 5.56 Å². The van der Waals surface area contributed by atoms with Crippen molar-refractivity contribution in [1.82, 2.24) is 0 Å². The van der Waals surface area contributed by atoms with Gasteiger partial charge in [0.1, 0.15) is 11.5 Å². The van der Waals surface area contributed by atoms with Gasteiger partial charge in [-0.1, -0.05) is 6.07 Å². The second kappa shape index (κ2) is 8.89. The molecule has 6 heteroatoms. The summed E-state index contributed by atoms with van der Waals surface area (Å²) in [6.07, 6.45) is -0.703. The van der Waals surface area contributed by atoms with Crippen LogP contribution in [0.25, 0.3) is 0 Å². The predicted octanol–water partition coefficient (Wildman–Crippen LogP) is 3.59. The number of hydrogen-bond acceptors (Lipinski definition) is 5. The normalized spacial score (nSPS) is 11.4. The Labute approximate surface area is 153 Å². The summed E-state index contributed by atoms with van der Waals surface area (Å²) >= 11 is 0. The molecule has 1 N–H and O–H groups in total. The van der Waals surface area contributed by atoms with Crippen LogP contribution in [0.5, 0.6) is 11.5 Å². The number of aryl methyl sites for hydroxylation is 1. The molecule has 1 amide bonds. The third-order valence-electron chi connectivity index (χ3n) is 3.72. The Bertz CT molecular complexity index is 788. The largest absolute Gasteiger partial charge is 0.497 e. The van der Waals surface area contributed by atoms with Crippen LogP contribution in [0.2, 0.25) is 0 Å². The van der Waals surface area contributed by atoms with Crippen molar-refractivity contribution in [2.24, 2.45) is 0 Å². The molecule has 0 saturated carbocycles. The van der Waals surface area contributed by atoms with Crippen LogP contribution in [-0.2, 0) is 9.53 Å². The molecular formula is C20H23NO5. The zero-order chi connectivity index (χ0) is 19.1. The van der Waals surface area contributed by atoms with E-state index in [2.05, 4.69) is 5.32 Å². The first-order chi connectivity index (χ1) is 12.4. The summed E-state index contributed by atoms with van der Waals surface area (Å²) in [6.45, 7) is 5.54. The molecule has 0 radical (unpaired) electrons. The molecule has 2 aromatic rings. The first-order valence-corrected chi connectivity index (χ1v) is 8.34. The average Bonchev–Trinajstić information content (AvgIpc) is 2.63. The van der Waals surface area contributed by atoms with Gasteiger partial charge in [-0.15, -0.1) is 0 Å². The molecule has 138 valence electrons. The number of methoxy groups -OCH3 is 1. The number of benzene rings is 2. The van der Waals surface area contributed by atoms with Gasteiger partial charge in [-0.05, 0) is 56.7 Å². The lowest BCUT2D eigenvalue weighted by molar-refractivity contribution is -0.122. The summed E-state index contributed by atoms with van der Waals surface area (Å²) in [5, 5.41) is 2.81. The van der Waals surface area contributed by atoms with Gasteiger partial charge in [0.25, 0.3) is 5.91 Å². The Balaban J connectivity index is 2.03. The average molecular weight is 357 g/mol. The van der Waals surface area contributed by atoms with Crippen molar-refractivity contribution in [3.05, 3.63) is 53.6 Å². The van der Waals surface area contributed by atoms with Crippen LogP contribution in [0.3, 0.4) is 0 Å². The fourth-order valence-electron chi connectivity index (χ4n) is 2.31. The van der Waals surface area contributed by atoms with Gasteiger partial charge in [-0.2, -0.15) is 0 Å². The molecule has 0 saturated heterocycles. The Kier molecular flexibility index (Phi) is 6.60. The lowest BCUT2D eigenvalue weighted by Gasteiger charge is -2.16. The van der Waals surface area contributed by atoms with Crippen LogP contribution in [0.1, 0.15) is 29.8 Å². The highest BCUT2D eigenvalue weighted by Gasteiger charge is 2.17. The monoisotopic (exact) mass is 357 g/mol. The van der Waals surface area contributed by atoms with Crippen LogP contribution in [-0.4, -0.2) is 31.7 Å². The van der Waals surface area contributed by atoms with E-state index < -0.39 is 6.10 Å². The van der Waals surface area contributed by atoms with E-state index in [1.807, 2.05) is 6.92 Å². The first-order valence-electron chi connectivity index (χ1n) is 8.34. The van der Waals surface area contributed by atoms with Crippen molar-refractivity contribution in [3.63, 3.8) is 0 Å². The van der Waals surface area contributed by atoms with E-state index in [-0.39, 0.29) is 11.9 Å². The maximum Gasteiger partial charge on any atom is 0.338 e. The Morgan fingerprint density at radius 3 is 2.50 bits per heavy atom. The molecule has 0 bridgehead atoms. The first kappa shape index (κ1) is 19.3. The number of carbonyl (C=O) groups excluding carboxylic acids is 2. The second-order valence-corrected chi connectivity index (χ2v) is 5.68. The summed E-state index contributed by atoms with van der Waals surface area (Å²) in [5.74, 6) is 0.518. The summed E-state index contributed by atoms with van der Waals surface area (Å²) in [6, 6.07) is 12.0. The summed E-state index contributed by atoms with van der Waals surface area (Å²) in [7, 11) is 1.57. The van der Waals surface area contributed by atoms with Gasteiger partial charge < -0.3 is 19.5 Å². The van der Waals surface area contributed by atoms with Crippen molar-refractivity contribution in [2.75, 3.05) is 19.0 Å². The Hall–Kier alpha value is -3.02. The number of esters is 1. The molecular weight excluding hydrogens is 334 g/mol. The molecule has 1 atom stereocenters. The zero-order valence-electron chi connectivity index (χ0n) is 15.4. The van der Waals surface area contributed by atoms with E-state index in [0.29, 0.717) is 29.4 Å². The summed E-state index contributed by atoms with van der Waals surface area (Å²) in [5.41, 5.74) is 1.82. The molecule has 2 rings (SSSR count). The highest BCUT2D eigenvalue weighted by atomic mass is 16.5. The fraction of sp³-hybridized carbons (Fsp3) is 0.300. The maximum absolute atomic E-state index is 12.4. The molecule has 0 aliphatic rings. The predicted molar refractivity (Wildman–Crippen MR) is 98.8 cm³/mol. The Morgan fingerprint density at radius 1 is 1.12 bits per heavy atom. The van der Waals surface area contributed by atoms with Gasteiger partial charge in [0.15, 0.2) is 6.10 Å². The quantitative estimate of drug-likeness (QED) is 0.767. The summed E-state index contributed by atoms with van der Waals surface area (Å²) in [4.78, 5) is 24.1. The van der Waals surface area contributed by atoms with Gasteiger partial charge >= 0.3 is 5.97 Å². The van der Waals surface area contributed by atoms with E-state index in [9.17, 15) is 9.59 Å². The van der Waals surface area contributed by atoms with Crippen LogP contribution < -0.4 is 14.8 Å². The molecule has 26 heavy (non-hydrogen) atoms. The number of amides is 1. The third-order valence-corrected chi connectivity index (χ3v) is 3.72. The van der Waals surface area contributed by atoms with Gasteiger partial charge in [-0.3, -0.25) is 4.79 Å². The standard InChI is InChI=1S/C20H23NO5/c1-5-25-20(23)15-9-10-18(13(2)11-15)21-19(22)14(3)26-17-8-6-7-16(12-17)24-4/h6-12,14H,5H2,1-4H3,(H,21,22)/t14-/m0/s1. The minimum absolute atomic E-state index is 0.292. The van der Waals surface area contributed by atoms with E-state index in [1.165, 1.54) is 0 Å². The van der Waals surface area contributed by atoms with Crippen molar-refractivity contribution >= 4 is 17.6 Å². The van der Waals surface area contributed by atoms with Crippen LogP contribution in [0.15, 0.2) is 42.5 Å². The molecule has 0 aromatic heterocycles. The smallest absolute Gasteiger partial charge is 0.338 e. The highest BCUT2D eigenvalue weighted by molar-refractivity contribution is 5.96. The van der Waals surface area contributed by atoms with Crippen LogP contribution in [0, 0.1) is 6.92 Å². The number of nitrogens with one attached hydrogen (secondary N) is 1. The molecule has 0 fully saturated rings. The lowest BCUT2D eigenvalue weighted by Crippen LogP contribution is -2.30. The van der Waals surface area contributed by atoms with Crippen molar-refractivity contribution in [3.8, 4) is 11.5 Å². The van der Waals surface area contributed by atoms with Crippen molar-refractivity contribution in [1.29, 1.82) is 0 Å². The SMILES string of the molecule is CCOC(=O)c1ccc(NC(=O)[C@H](C)Oc2cccc(OC)c2)c(C)c1. The van der Waals surface area contributed by atoms with Gasteiger partial charge in [0.05, 0.1) is 19.3 Å². The Morgan fingerprint density at radius 2 is 1.85 bits per heavy atom. The number of ether oxygens (including phenoxy) is 3. The molecule has 0 spiro atoms. The zero-order valence-corrected chi connectivity index (χ0v) is 15.4. The van der Waals surface area contributed by atoms with Gasteiger partial charge in [-0.25, -0.2) is 4.79 Å². The molecule has 6 nitrogen and oxygen atoms in total. The molecule has 0 aliphatic heterocycles. The number of rotatable bonds is 7. The number of hydrogen-bond donors (Lipinski definition) is 1. The summed E-state index contributed by atoms with van der Waals surface area (Å²) < 4.78 is 15.8. The van der Waals surface area contributed by atoms with Crippen molar-refractivity contribution < 1.29 is 23.8 Å². The molecule has 0 unspecified atom stereocenters. The molecule has 0 heterocycles. The lowest BCUT2D eigenvalue weighted by atomic mass is 10.1. The van der Waals surface area contributed by atoms with Crippen LogP contribution in [0.4, 0.5) is 5.69 Å². The van der Waals surface area contributed by atoms with E-state index >= 15 is 0 Å².